The molecule has 0 heterocycles. The first kappa shape index (κ1) is 8.72. The number of hydrogen-bond donors (Lipinski definition) is 0. The van der Waals surface area contributed by atoms with Crippen LogP contribution in [0, 0.1) is 0 Å². The molecule has 0 fully saturated rings. The van der Waals surface area contributed by atoms with Gasteiger partial charge in [0.25, 0.3) is 0 Å². The topological polar surface area (TPSA) is 0 Å². The lowest BCUT2D eigenvalue weighted by Gasteiger charge is -2.20. The molecule has 0 unspecified atom stereocenters. The first-order valence-electron chi connectivity index (χ1n) is 5.61. The van der Waals surface area contributed by atoms with Crippen LogP contribution in [0.15, 0.2) is 54.1 Å². The summed E-state index contributed by atoms with van der Waals surface area (Å²) in [6.07, 6.45) is 12.4. The number of allylic oxidation sites excluding steroid dienone is 6. The maximum Gasteiger partial charge on any atom is -0.0186 e. The third kappa shape index (κ3) is 1.46. The molecule has 0 spiro atoms. The maximum atomic E-state index is 2.26. The van der Waals surface area contributed by atoms with E-state index in [1.54, 1.807) is 0 Å². The normalized spacial score (nSPS) is 18.4. The van der Waals surface area contributed by atoms with Crippen LogP contribution in [-0.4, -0.2) is 0 Å². The molecule has 2 aliphatic carbocycles. The molecule has 0 saturated heterocycles. The van der Waals surface area contributed by atoms with Gasteiger partial charge in [0.1, 0.15) is 0 Å². The van der Waals surface area contributed by atoms with Crippen LogP contribution < -0.4 is 0 Å². The number of hydrogen-bond acceptors (Lipinski definition) is 0. The molecule has 0 saturated carbocycles. The summed E-state index contributed by atoms with van der Waals surface area (Å²) >= 11 is 0. The third-order valence-electron chi connectivity index (χ3n) is 3.23. The van der Waals surface area contributed by atoms with Gasteiger partial charge in [-0.1, -0.05) is 48.6 Å². The Kier molecular flexibility index (Phi) is 2.06. The van der Waals surface area contributed by atoms with Gasteiger partial charge >= 0.3 is 0 Å². The molecule has 0 heteroatoms. The molecule has 15 heavy (non-hydrogen) atoms. The average molecular weight is 194 g/mol. The highest BCUT2D eigenvalue weighted by atomic mass is 14.2. The number of fused-ring (bicyclic) bond motifs is 1. The molecule has 0 radical (unpaired) electrons. The molecular weight excluding hydrogens is 180 g/mol. The van der Waals surface area contributed by atoms with Crippen molar-refractivity contribution in [2.45, 2.75) is 19.3 Å². The Balaban J connectivity index is 2.18. The summed E-state index contributed by atoms with van der Waals surface area (Å²) < 4.78 is 0. The van der Waals surface area contributed by atoms with Gasteiger partial charge < -0.3 is 0 Å². The summed E-state index contributed by atoms with van der Waals surface area (Å²) in [6.45, 7) is 0. The van der Waals surface area contributed by atoms with E-state index in [1.165, 1.54) is 41.5 Å². The standard InChI is InChI=1S/C15H14/c1-2-7-12(6-1)15-11-5-9-13-8-3-4-10-14(13)15/h1-4,6-8,10H,5,9,11H2. The summed E-state index contributed by atoms with van der Waals surface area (Å²) in [6, 6.07) is 8.81. The van der Waals surface area contributed by atoms with Gasteiger partial charge in [-0.05, 0) is 41.5 Å². The number of benzene rings is 1. The molecular formula is C15H14. The van der Waals surface area contributed by atoms with Crippen LogP contribution >= 0.6 is 0 Å². The van der Waals surface area contributed by atoms with Crippen molar-refractivity contribution in [2.24, 2.45) is 0 Å². The fraction of sp³-hybridized carbons (Fsp3) is 0.200. The Labute approximate surface area is 90.6 Å². The van der Waals surface area contributed by atoms with E-state index < -0.39 is 0 Å². The minimum absolute atomic E-state index is 1.22. The molecule has 0 aromatic heterocycles. The first-order chi connectivity index (χ1) is 7.45. The summed E-state index contributed by atoms with van der Waals surface area (Å²) in [4.78, 5) is 0. The van der Waals surface area contributed by atoms with E-state index in [0.29, 0.717) is 0 Å². The molecule has 0 N–H and O–H groups in total. The van der Waals surface area contributed by atoms with Crippen LogP contribution in [0.4, 0.5) is 0 Å². The van der Waals surface area contributed by atoms with Crippen molar-refractivity contribution in [1.29, 1.82) is 0 Å². The third-order valence-corrected chi connectivity index (χ3v) is 3.23. The summed E-state index contributed by atoms with van der Waals surface area (Å²) in [5.74, 6) is 0. The van der Waals surface area contributed by atoms with E-state index in [-0.39, 0.29) is 0 Å². The van der Waals surface area contributed by atoms with Gasteiger partial charge in [-0.2, -0.15) is 0 Å². The predicted octanol–water partition coefficient (Wildman–Crippen LogP) is 3.90. The van der Waals surface area contributed by atoms with Gasteiger partial charge in [-0.25, -0.2) is 0 Å². The second kappa shape index (κ2) is 3.54. The highest BCUT2D eigenvalue weighted by Crippen LogP contribution is 2.34. The first-order valence-corrected chi connectivity index (χ1v) is 5.61. The number of aryl methyl sites for hydroxylation is 1. The average Bonchev–Trinajstić information content (AvgIpc) is 2.82. The lowest BCUT2D eigenvalue weighted by atomic mass is 9.85. The predicted molar refractivity (Wildman–Crippen MR) is 64.6 cm³/mol. The van der Waals surface area contributed by atoms with Crippen LogP contribution in [-0.2, 0) is 6.42 Å². The molecule has 74 valence electrons. The largest absolute Gasteiger partial charge is 0.0620 e. The Morgan fingerprint density at radius 3 is 2.53 bits per heavy atom. The minimum Gasteiger partial charge on any atom is -0.0620 e. The lowest BCUT2D eigenvalue weighted by molar-refractivity contribution is 0.820. The van der Waals surface area contributed by atoms with E-state index in [1.807, 2.05) is 0 Å². The fourth-order valence-corrected chi connectivity index (χ4v) is 2.50. The van der Waals surface area contributed by atoms with Crippen LogP contribution in [0.2, 0.25) is 0 Å². The van der Waals surface area contributed by atoms with Gasteiger partial charge in [0.05, 0.1) is 0 Å². The summed E-state index contributed by atoms with van der Waals surface area (Å²) in [5, 5.41) is 0. The van der Waals surface area contributed by atoms with E-state index >= 15 is 0 Å². The Morgan fingerprint density at radius 1 is 0.867 bits per heavy atom. The lowest BCUT2D eigenvalue weighted by Crippen LogP contribution is -2.02. The monoisotopic (exact) mass is 194 g/mol. The van der Waals surface area contributed by atoms with Gasteiger partial charge in [-0.3, -0.25) is 0 Å². The van der Waals surface area contributed by atoms with Gasteiger partial charge in [0, 0.05) is 0 Å². The van der Waals surface area contributed by atoms with Crippen molar-refractivity contribution < 1.29 is 0 Å². The van der Waals surface area contributed by atoms with E-state index in [2.05, 4.69) is 48.6 Å². The Bertz CT molecular complexity index is 459. The molecule has 1 aromatic rings. The highest BCUT2D eigenvalue weighted by molar-refractivity contribution is 5.77. The molecule has 0 amide bonds. The van der Waals surface area contributed by atoms with Gasteiger partial charge in [0.15, 0.2) is 0 Å². The second-order valence-corrected chi connectivity index (χ2v) is 4.16. The molecule has 0 nitrogen and oxygen atoms in total. The summed E-state index contributed by atoms with van der Waals surface area (Å²) in [7, 11) is 0. The van der Waals surface area contributed by atoms with Crippen LogP contribution in [0.5, 0.6) is 0 Å². The zero-order valence-corrected chi connectivity index (χ0v) is 8.74. The van der Waals surface area contributed by atoms with Crippen LogP contribution in [0.1, 0.15) is 24.0 Å². The van der Waals surface area contributed by atoms with Crippen LogP contribution in [0.3, 0.4) is 0 Å². The quantitative estimate of drug-likeness (QED) is 0.587. The van der Waals surface area contributed by atoms with Crippen molar-refractivity contribution in [1.82, 2.24) is 0 Å². The SMILES string of the molecule is C1=CC(=C2CCCc3ccccc32)C=C1. The van der Waals surface area contributed by atoms with E-state index in [4.69, 9.17) is 0 Å². The van der Waals surface area contributed by atoms with Crippen molar-refractivity contribution in [3.05, 3.63) is 65.3 Å². The fourth-order valence-electron chi connectivity index (χ4n) is 2.50. The zero-order valence-electron chi connectivity index (χ0n) is 8.74. The Morgan fingerprint density at radius 2 is 1.67 bits per heavy atom. The molecule has 2 aliphatic rings. The van der Waals surface area contributed by atoms with E-state index in [9.17, 15) is 0 Å². The maximum absolute atomic E-state index is 2.26. The smallest absolute Gasteiger partial charge is 0.0186 e. The summed E-state index contributed by atoms with van der Waals surface area (Å²) in [5.41, 5.74) is 5.92. The van der Waals surface area contributed by atoms with Crippen molar-refractivity contribution >= 4 is 5.57 Å². The van der Waals surface area contributed by atoms with Crippen molar-refractivity contribution in [3.63, 3.8) is 0 Å². The molecule has 3 rings (SSSR count). The Hall–Kier alpha value is -1.56. The van der Waals surface area contributed by atoms with Gasteiger partial charge in [0.2, 0.25) is 0 Å². The van der Waals surface area contributed by atoms with E-state index in [0.717, 1.165) is 0 Å². The minimum atomic E-state index is 1.22. The second-order valence-electron chi connectivity index (χ2n) is 4.16. The zero-order chi connectivity index (χ0) is 10.1. The molecule has 1 aromatic carbocycles. The number of rotatable bonds is 0. The molecule has 0 atom stereocenters. The van der Waals surface area contributed by atoms with Crippen LogP contribution in [0.25, 0.3) is 5.57 Å². The highest BCUT2D eigenvalue weighted by Gasteiger charge is 2.15. The van der Waals surface area contributed by atoms with Crippen molar-refractivity contribution in [3.8, 4) is 0 Å². The molecule has 0 aliphatic heterocycles. The van der Waals surface area contributed by atoms with Crippen molar-refractivity contribution in [2.75, 3.05) is 0 Å². The molecule has 0 bridgehead atoms. The van der Waals surface area contributed by atoms with Gasteiger partial charge in [-0.15, -0.1) is 0 Å².